The van der Waals surface area contributed by atoms with Crippen molar-refractivity contribution in [3.8, 4) is 0 Å². The van der Waals surface area contributed by atoms with Gasteiger partial charge in [0.25, 0.3) is 0 Å². The smallest absolute Gasteiger partial charge is 0.326 e. The van der Waals surface area contributed by atoms with Crippen molar-refractivity contribution in [2.75, 3.05) is 5.75 Å². The van der Waals surface area contributed by atoms with Gasteiger partial charge in [0.15, 0.2) is 0 Å². The number of carbonyl (C=O) groups excluding carboxylic acids is 2. The SMILES string of the molecule is CC(C)SCC(=O)NC(CC(N)=O)C(=O)O. The third kappa shape index (κ3) is 7.10. The zero-order chi connectivity index (χ0) is 12.7. The summed E-state index contributed by atoms with van der Waals surface area (Å²) in [5, 5.41) is 11.2. The highest BCUT2D eigenvalue weighted by Crippen LogP contribution is 2.08. The molecule has 0 aliphatic carbocycles. The summed E-state index contributed by atoms with van der Waals surface area (Å²) in [6.45, 7) is 3.85. The predicted molar refractivity (Wildman–Crippen MR) is 61.0 cm³/mol. The number of nitrogens with one attached hydrogen (secondary N) is 1. The average molecular weight is 248 g/mol. The zero-order valence-corrected chi connectivity index (χ0v) is 10.0. The fourth-order valence-electron chi connectivity index (χ4n) is 0.880. The number of amides is 2. The molecule has 0 aliphatic rings. The summed E-state index contributed by atoms with van der Waals surface area (Å²) in [4.78, 5) is 32.5. The van der Waals surface area contributed by atoms with Gasteiger partial charge in [0.1, 0.15) is 6.04 Å². The van der Waals surface area contributed by atoms with Gasteiger partial charge in [-0.3, -0.25) is 9.59 Å². The molecule has 0 heterocycles. The van der Waals surface area contributed by atoms with Crippen LogP contribution in [0, 0.1) is 0 Å². The average Bonchev–Trinajstić information content (AvgIpc) is 2.12. The van der Waals surface area contributed by atoms with E-state index in [1.165, 1.54) is 11.8 Å². The van der Waals surface area contributed by atoms with Gasteiger partial charge in [-0.15, -0.1) is 11.8 Å². The molecule has 0 aliphatic heterocycles. The van der Waals surface area contributed by atoms with Crippen LogP contribution in [0.2, 0.25) is 0 Å². The zero-order valence-electron chi connectivity index (χ0n) is 9.23. The Bertz CT molecular complexity index is 281. The van der Waals surface area contributed by atoms with Gasteiger partial charge in [0, 0.05) is 0 Å². The first kappa shape index (κ1) is 14.8. The van der Waals surface area contributed by atoms with Crippen LogP contribution in [0.1, 0.15) is 20.3 Å². The number of primary amides is 1. The van der Waals surface area contributed by atoms with E-state index in [4.69, 9.17) is 10.8 Å². The first-order valence-electron chi connectivity index (χ1n) is 4.75. The molecule has 0 aromatic carbocycles. The van der Waals surface area contributed by atoms with Crippen molar-refractivity contribution >= 4 is 29.5 Å². The van der Waals surface area contributed by atoms with Gasteiger partial charge in [-0.05, 0) is 5.25 Å². The molecule has 0 fully saturated rings. The maximum atomic E-state index is 11.3. The van der Waals surface area contributed by atoms with E-state index >= 15 is 0 Å². The second-order valence-electron chi connectivity index (χ2n) is 3.49. The Kier molecular flexibility index (Phi) is 6.55. The maximum Gasteiger partial charge on any atom is 0.326 e. The second kappa shape index (κ2) is 7.10. The molecule has 1 unspecified atom stereocenters. The van der Waals surface area contributed by atoms with Crippen LogP contribution in [0.25, 0.3) is 0 Å². The number of hydrogen-bond acceptors (Lipinski definition) is 4. The molecule has 0 saturated heterocycles. The predicted octanol–water partition coefficient (Wildman–Crippen LogP) is -0.427. The van der Waals surface area contributed by atoms with Crippen molar-refractivity contribution < 1.29 is 19.5 Å². The molecule has 2 amide bonds. The number of thioether (sulfide) groups is 1. The number of carbonyl (C=O) groups is 3. The summed E-state index contributed by atoms with van der Waals surface area (Å²) in [5.41, 5.74) is 4.87. The van der Waals surface area contributed by atoms with Crippen LogP contribution in [-0.4, -0.2) is 39.9 Å². The minimum absolute atomic E-state index is 0.167. The number of carboxylic acid groups (broad SMARTS) is 1. The topological polar surface area (TPSA) is 109 Å². The quantitative estimate of drug-likeness (QED) is 0.566. The minimum Gasteiger partial charge on any atom is -0.480 e. The lowest BCUT2D eigenvalue weighted by molar-refractivity contribution is -0.143. The Morgan fingerprint density at radius 2 is 1.94 bits per heavy atom. The minimum atomic E-state index is -1.26. The maximum absolute atomic E-state index is 11.3. The van der Waals surface area contributed by atoms with Crippen LogP contribution in [0.15, 0.2) is 0 Å². The van der Waals surface area contributed by atoms with Crippen molar-refractivity contribution in [3.63, 3.8) is 0 Å². The van der Waals surface area contributed by atoms with Crippen LogP contribution >= 0.6 is 11.8 Å². The van der Waals surface area contributed by atoms with E-state index in [-0.39, 0.29) is 11.0 Å². The van der Waals surface area contributed by atoms with E-state index in [2.05, 4.69) is 5.32 Å². The van der Waals surface area contributed by atoms with Gasteiger partial charge in [-0.1, -0.05) is 13.8 Å². The summed E-state index contributed by atoms with van der Waals surface area (Å²) in [5.74, 6) is -2.27. The van der Waals surface area contributed by atoms with Gasteiger partial charge in [0.05, 0.1) is 12.2 Å². The fraction of sp³-hybridized carbons (Fsp3) is 0.667. The molecule has 6 nitrogen and oxygen atoms in total. The standard InChI is InChI=1S/C9H16N2O4S/c1-5(2)16-4-8(13)11-6(9(14)15)3-7(10)12/h5-6H,3-4H2,1-2H3,(H2,10,12)(H,11,13)(H,14,15). The molecule has 0 aromatic heterocycles. The normalized spacial score (nSPS) is 12.2. The molecule has 16 heavy (non-hydrogen) atoms. The summed E-state index contributed by atoms with van der Waals surface area (Å²) in [6.07, 6.45) is -0.395. The Balaban J connectivity index is 4.13. The number of rotatable bonds is 7. The number of hydrogen-bond donors (Lipinski definition) is 3. The van der Waals surface area contributed by atoms with Crippen LogP contribution < -0.4 is 11.1 Å². The van der Waals surface area contributed by atoms with E-state index in [9.17, 15) is 14.4 Å². The molecular weight excluding hydrogens is 232 g/mol. The van der Waals surface area contributed by atoms with Gasteiger partial charge in [0.2, 0.25) is 11.8 Å². The summed E-state index contributed by atoms with van der Waals surface area (Å²) >= 11 is 1.39. The number of nitrogens with two attached hydrogens (primary N) is 1. The van der Waals surface area contributed by atoms with Crippen molar-refractivity contribution in [3.05, 3.63) is 0 Å². The van der Waals surface area contributed by atoms with Crippen LogP contribution in [0.3, 0.4) is 0 Å². The third-order valence-corrected chi connectivity index (χ3v) is 2.68. The van der Waals surface area contributed by atoms with Gasteiger partial charge < -0.3 is 16.2 Å². The Morgan fingerprint density at radius 1 is 1.38 bits per heavy atom. The molecule has 0 radical (unpaired) electrons. The molecule has 7 heteroatoms. The Morgan fingerprint density at radius 3 is 2.31 bits per heavy atom. The lowest BCUT2D eigenvalue weighted by Gasteiger charge is -2.13. The van der Waals surface area contributed by atoms with Gasteiger partial charge in [-0.2, -0.15) is 0 Å². The highest BCUT2D eigenvalue weighted by atomic mass is 32.2. The molecule has 0 spiro atoms. The lowest BCUT2D eigenvalue weighted by atomic mass is 10.2. The van der Waals surface area contributed by atoms with E-state index in [1.54, 1.807) is 0 Å². The lowest BCUT2D eigenvalue weighted by Crippen LogP contribution is -2.44. The Hall–Kier alpha value is -1.24. The van der Waals surface area contributed by atoms with Crippen LogP contribution in [-0.2, 0) is 14.4 Å². The molecule has 0 aromatic rings. The van der Waals surface area contributed by atoms with E-state index in [0.29, 0.717) is 0 Å². The summed E-state index contributed by atoms with van der Waals surface area (Å²) in [7, 11) is 0. The second-order valence-corrected chi connectivity index (χ2v) is 5.05. The molecule has 4 N–H and O–H groups in total. The van der Waals surface area contributed by atoms with Crippen LogP contribution in [0.5, 0.6) is 0 Å². The van der Waals surface area contributed by atoms with Crippen LogP contribution in [0.4, 0.5) is 0 Å². The first-order chi connectivity index (χ1) is 7.32. The molecular formula is C9H16N2O4S. The molecule has 0 bridgehead atoms. The van der Waals surface area contributed by atoms with E-state index < -0.39 is 30.2 Å². The number of aliphatic carboxylic acids is 1. The van der Waals surface area contributed by atoms with Crippen molar-refractivity contribution in [2.24, 2.45) is 5.73 Å². The first-order valence-corrected chi connectivity index (χ1v) is 5.80. The summed E-state index contributed by atoms with van der Waals surface area (Å²) in [6, 6.07) is -1.24. The molecule has 0 rings (SSSR count). The van der Waals surface area contributed by atoms with Crippen molar-refractivity contribution in [1.82, 2.24) is 5.32 Å². The van der Waals surface area contributed by atoms with Crippen molar-refractivity contribution in [2.45, 2.75) is 31.6 Å². The fourth-order valence-corrected chi connectivity index (χ4v) is 1.45. The van der Waals surface area contributed by atoms with Gasteiger partial charge in [-0.25, -0.2) is 4.79 Å². The largest absolute Gasteiger partial charge is 0.480 e. The number of carboxylic acids is 1. The summed E-state index contributed by atoms with van der Waals surface area (Å²) < 4.78 is 0. The van der Waals surface area contributed by atoms with Gasteiger partial charge >= 0.3 is 5.97 Å². The highest BCUT2D eigenvalue weighted by molar-refractivity contribution is 8.00. The molecule has 1 atom stereocenters. The Labute approximate surface area is 98.0 Å². The van der Waals surface area contributed by atoms with E-state index in [1.807, 2.05) is 13.8 Å². The van der Waals surface area contributed by atoms with Crippen molar-refractivity contribution in [1.29, 1.82) is 0 Å². The third-order valence-electron chi connectivity index (χ3n) is 1.59. The van der Waals surface area contributed by atoms with E-state index in [0.717, 1.165) is 0 Å². The molecule has 0 saturated carbocycles. The molecule has 92 valence electrons. The highest BCUT2D eigenvalue weighted by Gasteiger charge is 2.21. The monoisotopic (exact) mass is 248 g/mol.